The van der Waals surface area contributed by atoms with Crippen LogP contribution < -0.4 is 10.6 Å². The van der Waals surface area contributed by atoms with Gasteiger partial charge in [0.25, 0.3) is 5.91 Å². The molecule has 1 aliphatic heterocycles. The topological polar surface area (TPSA) is 76.1 Å². The molecule has 1 aromatic heterocycles. The van der Waals surface area contributed by atoms with Crippen molar-refractivity contribution in [3.05, 3.63) is 5.01 Å². The van der Waals surface area contributed by atoms with E-state index in [2.05, 4.69) is 41.6 Å². The largest absolute Gasteiger partial charge is 0.368 e. The van der Waals surface area contributed by atoms with Crippen molar-refractivity contribution in [2.24, 2.45) is 0 Å². The van der Waals surface area contributed by atoms with Crippen LogP contribution in [-0.2, 0) is 14.9 Å². The molecule has 1 aromatic rings. The Balaban J connectivity index is 0.00000220. The van der Waals surface area contributed by atoms with Crippen molar-refractivity contribution < 1.29 is 9.53 Å². The van der Waals surface area contributed by atoms with Gasteiger partial charge in [0.2, 0.25) is 5.13 Å². The summed E-state index contributed by atoms with van der Waals surface area (Å²) < 4.78 is 5.49. The maximum Gasteiger partial charge on any atom is 0.258 e. The van der Waals surface area contributed by atoms with Gasteiger partial charge in [-0.25, -0.2) is 0 Å². The fourth-order valence-electron chi connectivity index (χ4n) is 2.14. The first-order chi connectivity index (χ1) is 9.37. The number of carbonyl (C=O) groups is 1. The highest BCUT2D eigenvalue weighted by atomic mass is 35.5. The van der Waals surface area contributed by atoms with Gasteiger partial charge in [-0.3, -0.25) is 10.1 Å². The van der Waals surface area contributed by atoms with Crippen LogP contribution in [0, 0.1) is 0 Å². The van der Waals surface area contributed by atoms with Gasteiger partial charge in [0.05, 0.1) is 0 Å². The lowest BCUT2D eigenvalue weighted by Gasteiger charge is -2.34. The Bertz CT molecular complexity index is 481. The van der Waals surface area contributed by atoms with Crippen LogP contribution in [0.4, 0.5) is 5.13 Å². The van der Waals surface area contributed by atoms with Gasteiger partial charge in [-0.2, -0.15) is 0 Å². The highest BCUT2D eigenvalue weighted by Crippen LogP contribution is 2.29. The van der Waals surface area contributed by atoms with Crippen molar-refractivity contribution in [2.45, 2.75) is 44.6 Å². The third-order valence-electron chi connectivity index (χ3n) is 3.50. The first-order valence-corrected chi connectivity index (χ1v) is 7.60. The second-order valence-corrected chi connectivity index (χ2v) is 7.04. The third kappa shape index (κ3) is 4.12. The Hall–Kier alpha value is -0.760. The van der Waals surface area contributed by atoms with E-state index in [0.29, 0.717) is 18.0 Å². The van der Waals surface area contributed by atoms with E-state index in [9.17, 15) is 4.79 Å². The molecule has 1 aliphatic rings. The van der Waals surface area contributed by atoms with E-state index in [-0.39, 0.29) is 23.7 Å². The average molecular weight is 335 g/mol. The number of nitrogens with one attached hydrogen (secondary N) is 2. The predicted molar refractivity (Wildman–Crippen MR) is 86.3 cm³/mol. The van der Waals surface area contributed by atoms with Gasteiger partial charge in [-0.1, -0.05) is 32.1 Å². The van der Waals surface area contributed by atoms with E-state index < -0.39 is 5.60 Å². The molecule has 0 bridgehead atoms. The van der Waals surface area contributed by atoms with Gasteiger partial charge in [-0.15, -0.1) is 22.6 Å². The fourth-order valence-corrected chi connectivity index (χ4v) is 2.94. The quantitative estimate of drug-likeness (QED) is 0.883. The molecule has 1 saturated heterocycles. The standard InChI is InChI=1S/C13H22N4O2S.ClH/c1-12(2,3)10-16-17-11(20-10)15-9(18)13(19-4)5-7-14-8-6-13;/h14H,5-8H2,1-4H3,(H,15,17,18);1H. The average Bonchev–Trinajstić information content (AvgIpc) is 2.88. The van der Waals surface area contributed by atoms with E-state index in [1.54, 1.807) is 7.11 Å². The number of hydrogen-bond acceptors (Lipinski definition) is 6. The number of hydrogen-bond donors (Lipinski definition) is 2. The molecule has 0 aromatic carbocycles. The van der Waals surface area contributed by atoms with E-state index in [1.807, 2.05) is 0 Å². The monoisotopic (exact) mass is 334 g/mol. The normalized spacial score (nSPS) is 17.9. The Morgan fingerprint density at radius 1 is 1.33 bits per heavy atom. The number of aromatic nitrogens is 2. The summed E-state index contributed by atoms with van der Waals surface area (Å²) in [6.07, 6.45) is 1.33. The molecule has 2 N–H and O–H groups in total. The smallest absolute Gasteiger partial charge is 0.258 e. The van der Waals surface area contributed by atoms with Crippen molar-refractivity contribution in [2.75, 3.05) is 25.5 Å². The molecule has 2 heterocycles. The lowest BCUT2D eigenvalue weighted by molar-refractivity contribution is -0.140. The van der Waals surface area contributed by atoms with Gasteiger partial charge in [-0.05, 0) is 25.9 Å². The highest BCUT2D eigenvalue weighted by Gasteiger charge is 2.40. The van der Waals surface area contributed by atoms with Gasteiger partial charge in [0.15, 0.2) is 0 Å². The number of ether oxygens (including phenoxy) is 1. The summed E-state index contributed by atoms with van der Waals surface area (Å²) in [5.74, 6) is -0.127. The number of amides is 1. The van der Waals surface area contributed by atoms with E-state index in [4.69, 9.17) is 4.74 Å². The second-order valence-electron chi connectivity index (χ2n) is 6.06. The van der Waals surface area contributed by atoms with Gasteiger partial charge in [0, 0.05) is 12.5 Å². The first-order valence-electron chi connectivity index (χ1n) is 6.79. The Morgan fingerprint density at radius 3 is 2.43 bits per heavy atom. The molecule has 0 saturated carbocycles. The summed E-state index contributed by atoms with van der Waals surface area (Å²) >= 11 is 1.42. The Morgan fingerprint density at radius 2 is 1.95 bits per heavy atom. The maximum atomic E-state index is 12.5. The van der Waals surface area contributed by atoms with Crippen LogP contribution in [0.2, 0.25) is 0 Å². The number of anilines is 1. The highest BCUT2D eigenvalue weighted by molar-refractivity contribution is 7.15. The summed E-state index contributed by atoms with van der Waals surface area (Å²) in [6.45, 7) is 7.78. The van der Waals surface area contributed by atoms with Crippen molar-refractivity contribution in [1.29, 1.82) is 0 Å². The molecule has 0 atom stereocenters. The summed E-state index contributed by atoms with van der Waals surface area (Å²) in [5, 5.41) is 15.7. The van der Waals surface area contributed by atoms with Crippen LogP contribution in [0.5, 0.6) is 0 Å². The Kier molecular flexibility index (Phi) is 6.10. The fraction of sp³-hybridized carbons (Fsp3) is 0.769. The van der Waals surface area contributed by atoms with Crippen LogP contribution in [0.1, 0.15) is 38.6 Å². The van der Waals surface area contributed by atoms with Crippen LogP contribution in [0.25, 0.3) is 0 Å². The second kappa shape index (κ2) is 7.00. The molecule has 1 amide bonds. The lowest BCUT2D eigenvalue weighted by atomic mass is 9.91. The van der Waals surface area contributed by atoms with Gasteiger partial charge >= 0.3 is 0 Å². The molecule has 0 spiro atoms. The summed E-state index contributed by atoms with van der Waals surface area (Å²) in [4.78, 5) is 12.5. The molecule has 120 valence electrons. The SMILES string of the molecule is COC1(C(=O)Nc2nnc(C(C)(C)C)s2)CCNCC1.Cl. The summed E-state index contributed by atoms with van der Waals surface area (Å²) in [5.41, 5.74) is -0.812. The molecule has 6 nitrogen and oxygen atoms in total. The molecule has 2 rings (SSSR count). The van der Waals surface area contributed by atoms with Crippen molar-refractivity contribution in [1.82, 2.24) is 15.5 Å². The minimum Gasteiger partial charge on any atom is -0.368 e. The lowest BCUT2D eigenvalue weighted by Crippen LogP contribution is -2.51. The van der Waals surface area contributed by atoms with E-state index in [0.717, 1.165) is 18.1 Å². The number of methoxy groups -OCH3 is 1. The molecule has 1 fully saturated rings. The molecule has 21 heavy (non-hydrogen) atoms. The minimum atomic E-state index is -0.751. The van der Waals surface area contributed by atoms with Crippen molar-refractivity contribution in [3.8, 4) is 0 Å². The van der Waals surface area contributed by atoms with Gasteiger partial charge < -0.3 is 10.1 Å². The van der Waals surface area contributed by atoms with Crippen LogP contribution in [-0.4, -0.2) is 41.9 Å². The first kappa shape index (κ1) is 18.3. The predicted octanol–water partition coefficient (Wildman–Crippen LogP) is 1.96. The number of piperidine rings is 1. The zero-order chi connectivity index (χ0) is 14.8. The number of rotatable bonds is 3. The maximum absolute atomic E-state index is 12.5. The van der Waals surface area contributed by atoms with Gasteiger partial charge in [0.1, 0.15) is 10.6 Å². The summed E-state index contributed by atoms with van der Waals surface area (Å²) in [7, 11) is 1.59. The number of halogens is 1. The molecule has 0 unspecified atom stereocenters. The van der Waals surface area contributed by atoms with Crippen molar-refractivity contribution >= 4 is 34.8 Å². The minimum absolute atomic E-state index is 0. The number of nitrogens with zero attached hydrogens (tertiary/aromatic N) is 2. The zero-order valence-electron chi connectivity index (χ0n) is 12.9. The summed E-state index contributed by atoms with van der Waals surface area (Å²) in [6, 6.07) is 0. The van der Waals surface area contributed by atoms with E-state index >= 15 is 0 Å². The van der Waals surface area contributed by atoms with Crippen molar-refractivity contribution in [3.63, 3.8) is 0 Å². The zero-order valence-corrected chi connectivity index (χ0v) is 14.5. The third-order valence-corrected chi connectivity index (χ3v) is 4.77. The Labute approximate surface area is 135 Å². The van der Waals surface area contributed by atoms with Crippen LogP contribution >= 0.6 is 23.7 Å². The van der Waals surface area contributed by atoms with Crippen LogP contribution in [0.3, 0.4) is 0 Å². The molecule has 0 aliphatic carbocycles. The molecule has 8 heteroatoms. The van der Waals surface area contributed by atoms with Crippen LogP contribution in [0.15, 0.2) is 0 Å². The number of carbonyl (C=O) groups excluding carboxylic acids is 1. The molecular formula is C13H23ClN4O2S. The molecule has 0 radical (unpaired) electrons. The molecular weight excluding hydrogens is 312 g/mol. The van der Waals surface area contributed by atoms with E-state index in [1.165, 1.54) is 11.3 Å².